The van der Waals surface area contributed by atoms with Gasteiger partial charge in [-0.3, -0.25) is 9.59 Å². The van der Waals surface area contributed by atoms with E-state index in [1.54, 1.807) is 38.1 Å². The molecule has 0 radical (unpaired) electrons. The number of benzene rings is 2. The highest BCUT2D eigenvalue weighted by atomic mass is 19.1. The van der Waals surface area contributed by atoms with Crippen molar-refractivity contribution in [1.29, 1.82) is 0 Å². The van der Waals surface area contributed by atoms with E-state index in [0.717, 1.165) is 6.07 Å². The van der Waals surface area contributed by atoms with Crippen LogP contribution in [0.15, 0.2) is 48.5 Å². The van der Waals surface area contributed by atoms with E-state index in [4.69, 9.17) is 9.47 Å². The lowest BCUT2D eigenvalue weighted by Crippen LogP contribution is -2.46. The third-order valence-corrected chi connectivity index (χ3v) is 4.02. The number of anilines is 1. The van der Waals surface area contributed by atoms with Crippen molar-refractivity contribution in [3.63, 3.8) is 0 Å². The first-order valence-corrected chi connectivity index (χ1v) is 8.97. The van der Waals surface area contributed by atoms with Crippen LogP contribution >= 0.6 is 0 Å². The average Bonchev–Trinajstić information content (AvgIpc) is 2.70. The second-order valence-corrected chi connectivity index (χ2v) is 6.56. The summed E-state index contributed by atoms with van der Waals surface area (Å²) in [6.07, 6.45) is 0. The molecule has 2 N–H and O–H groups in total. The molecule has 2 aromatic rings. The van der Waals surface area contributed by atoms with Gasteiger partial charge in [0.15, 0.2) is 6.61 Å². The highest BCUT2D eigenvalue weighted by Crippen LogP contribution is 2.16. The van der Waals surface area contributed by atoms with E-state index in [-0.39, 0.29) is 11.5 Å². The molecule has 154 valence electrons. The molecule has 0 aliphatic rings. The van der Waals surface area contributed by atoms with Gasteiger partial charge in [0.1, 0.15) is 17.6 Å². The highest BCUT2D eigenvalue weighted by Gasteiger charge is 2.27. The Hall–Kier alpha value is -3.42. The van der Waals surface area contributed by atoms with Crippen molar-refractivity contribution >= 4 is 23.5 Å². The van der Waals surface area contributed by atoms with Gasteiger partial charge in [0.05, 0.1) is 12.7 Å². The van der Waals surface area contributed by atoms with Crippen LogP contribution in [0.5, 0.6) is 5.75 Å². The van der Waals surface area contributed by atoms with Crippen LogP contribution < -0.4 is 15.4 Å². The molecule has 0 saturated heterocycles. The first kappa shape index (κ1) is 21.9. The minimum atomic E-state index is -1.04. The van der Waals surface area contributed by atoms with E-state index in [1.165, 1.54) is 25.3 Å². The molecule has 29 heavy (non-hydrogen) atoms. The van der Waals surface area contributed by atoms with E-state index in [0.29, 0.717) is 11.4 Å². The van der Waals surface area contributed by atoms with Crippen molar-refractivity contribution in [3.05, 3.63) is 59.9 Å². The number of methoxy groups -OCH3 is 1. The SMILES string of the molecule is COc1cccc(NC(=O)COC(=O)[C@@H](NC(=O)c2ccccc2F)C(C)C)c1. The number of ether oxygens (including phenoxy) is 2. The van der Waals surface area contributed by atoms with Crippen LogP contribution in [0, 0.1) is 11.7 Å². The zero-order valence-corrected chi connectivity index (χ0v) is 16.4. The van der Waals surface area contributed by atoms with Crippen LogP contribution in [-0.2, 0) is 14.3 Å². The topological polar surface area (TPSA) is 93.7 Å². The molecule has 0 aliphatic carbocycles. The predicted molar refractivity (Wildman–Crippen MR) is 105 cm³/mol. The van der Waals surface area contributed by atoms with Gasteiger partial charge in [-0.25, -0.2) is 9.18 Å². The molecular formula is C21H23FN2O5. The molecular weight excluding hydrogens is 379 g/mol. The lowest BCUT2D eigenvalue weighted by atomic mass is 10.0. The largest absolute Gasteiger partial charge is 0.497 e. The third-order valence-electron chi connectivity index (χ3n) is 4.02. The van der Waals surface area contributed by atoms with Crippen molar-refractivity contribution in [2.24, 2.45) is 5.92 Å². The molecule has 0 fully saturated rings. The summed E-state index contributed by atoms with van der Waals surface area (Å²) in [4.78, 5) is 36.7. The maximum atomic E-state index is 13.8. The van der Waals surface area contributed by atoms with Crippen LogP contribution in [-0.4, -0.2) is 37.5 Å². The number of halogens is 1. The molecule has 8 heteroatoms. The Morgan fingerprint density at radius 3 is 2.45 bits per heavy atom. The number of carbonyl (C=O) groups is 3. The second-order valence-electron chi connectivity index (χ2n) is 6.56. The summed E-state index contributed by atoms with van der Waals surface area (Å²) in [5.41, 5.74) is 0.306. The number of hydrogen-bond acceptors (Lipinski definition) is 5. The molecule has 0 bridgehead atoms. The summed E-state index contributed by atoms with van der Waals surface area (Å²) >= 11 is 0. The predicted octanol–water partition coefficient (Wildman–Crippen LogP) is 2.77. The van der Waals surface area contributed by atoms with Crippen LogP contribution in [0.4, 0.5) is 10.1 Å². The van der Waals surface area contributed by atoms with Crippen LogP contribution in [0.2, 0.25) is 0 Å². The quantitative estimate of drug-likeness (QED) is 0.663. The first-order chi connectivity index (χ1) is 13.8. The lowest BCUT2D eigenvalue weighted by Gasteiger charge is -2.21. The lowest BCUT2D eigenvalue weighted by molar-refractivity contribution is -0.150. The molecule has 2 amide bonds. The summed E-state index contributed by atoms with van der Waals surface area (Å²) in [7, 11) is 1.50. The normalized spacial score (nSPS) is 11.5. The summed E-state index contributed by atoms with van der Waals surface area (Å²) in [5, 5.41) is 5.04. The molecule has 7 nitrogen and oxygen atoms in total. The van der Waals surface area contributed by atoms with Gasteiger partial charge in [-0.2, -0.15) is 0 Å². The zero-order chi connectivity index (χ0) is 21.4. The number of hydrogen-bond donors (Lipinski definition) is 2. The average molecular weight is 402 g/mol. The molecule has 0 spiro atoms. The summed E-state index contributed by atoms with van der Waals surface area (Å²) in [6, 6.07) is 11.1. The van der Waals surface area contributed by atoms with Gasteiger partial charge in [-0.15, -0.1) is 0 Å². The maximum absolute atomic E-state index is 13.8. The van der Waals surface area contributed by atoms with Gasteiger partial charge in [-0.1, -0.05) is 32.0 Å². The monoisotopic (exact) mass is 402 g/mol. The molecule has 2 rings (SSSR count). The van der Waals surface area contributed by atoms with Crippen molar-refractivity contribution in [1.82, 2.24) is 5.32 Å². The van der Waals surface area contributed by atoms with Crippen molar-refractivity contribution < 1.29 is 28.2 Å². The fourth-order valence-electron chi connectivity index (χ4n) is 2.49. The Bertz CT molecular complexity index is 885. The molecule has 0 aliphatic heterocycles. The molecule has 0 heterocycles. The molecule has 1 atom stereocenters. The van der Waals surface area contributed by atoms with E-state index < -0.39 is 36.2 Å². The summed E-state index contributed by atoms with van der Waals surface area (Å²) in [5.74, 6) is -2.53. The molecule has 0 unspecified atom stereocenters. The van der Waals surface area contributed by atoms with Gasteiger partial charge >= 0.3 is 5.97 Å². The van der Waals surface area contributed by atoms with E-state index in [9.17, 15) is 18.8 Å². The Morgan fingerprint density at radius 2 is 1.79 bits per heavy atom. The number of carbonyl (C=O) groups excluding carboxylic acids is 3. The number of rotatable bonds is 8. The smallest absolute Gasteiger partial charge is 0.329 e. The third kappa shape index (κ3) is 6.31. The Morgan fingerprint density at radius 1 is 1.07 bits per heavy atom. The first-order valence-electron chi connectivity index (χ1n) is 8.97. The molecule has 2 aromatic carbocycles. The Labute approximate surface area is 168 Å². The van der Waals surface area contributed by atoms with Crippen molar-refractivity contribution in [2.75, 3.05) is 19.0 Å². The maximum Gasteiger partial charge on any atom is 0.329 e. The zero-order valence-electron chi connectivity index (χ0n) is 16.4. The minimum Gasteiger partial charge on any atom is -0.497 e. The summed E-state index contributed by atoms with van der Waals surface area (Å²) in [6.45, 7) is 2.86. The number of esters is 1. The van der Waals surface area contributed by atoms with Crippen LogP contribution in [0.1, 0.15) is 24.2 Å². The van der Waals surface area contributed by atoms with E-state index in [1.807, 2.05) is 0 Å². The minimum absolute atomic E-state index is 0.179. The van der Waals surface area contributed by atoms with Gasteiger partial charge in [0, 0.05) is 11.8 Å². The summed E-state index contributed by atoms with van der Waals surface area (Å²) < 4.78 is 23.9. The fraction of sp³-hybridized carbons (Fsp3) is 0.286. The van der Waals surface area contributed by atoms with Gasteiger partial charge in [0.25, 0.3) is 11.8 Å². The Balaban J connectivity index is 1.94. The van der Waals surface area contributed by atoms with Crippen LogP contribution in [0.25, 0.3) is 0 Å². The fourth-order valence-corrected chi connectivity index (χ4v) is 2.49. The van der Waals surface area contributed by atoms with Gasteiger partial charge < -0.3 is 20.1 Å². The number of nitrogens with one attached hydrogen (secondary N) is 2. The molecule has 0 aromatic heterocycles. The van der Waals surface area contributed by atoms with E-state index >= 15 is 0 Å². The standard InChI is InChI=1S/C21H23FN2O5/c1-13(2)19(24-20(26)16-9-4-5-10-17(16)22)21(27)29-12-18(25)23-14-7-6-8-15(11-14)28-3/h4-11,13,19H,12H2,1-3H3,(H,23,25)(H,24,26)/t19-/m0/s1. The van der Waals surface area contributed by atoms with Gasteiger partial charge in [-0.05, 0) is 30.2 Å². The Kier molecular flexibility index (Phi) is 7.70. The van der Waals surface area contributed by atoms with Crippen LogP contribution in [0.3, 0.4) is 0 Å². The molecule has 0 saturated carbocycles. The highest BCUT2D eigenvalue weighted by molar-refractivity contribution is 5.97. The number of amides is 2. The van der Waals surface area contributed by atoms with Crippen molar-refractivity contribution in [3.8, 4) is 5.75 Å². The second kappa shape index (κ2) is 10.2. The van der Waals surface area contributed by atoms with Gasteiger partial charge in [0.2, 0.25) is 0 Å². The van der Waals surface area contributed by atoms with Crippen molar-refractivity contribution in [2.45, 2.75) is 19.9 Å². The van der Waals surface area contributed by atoms with E-state index in [2.05, 4.69) is 10.6 Å².